The van der Waals surface area contributed by atoms with Gasteiger partial charge in [0.2, 0.25) is 0 Å². The Balaban J connectivity index is 2.36. The van der Waals surface area contributed by atoms with E-state index in [1.807, 2.05) is 18.2 Å². The van der Waals surface area contributed by atoms with Crippen LogP contribution in [-0.2, 0) is 0 Å². The van der Waals surface area contributed by atoms with E-state index in [-0.39, 0.29) is 12.1 Å². The summed E-state index contributed by atoms with van der Waals surface area (Å²) in [5.41, 5.74) is 7.32. The van der Waals surface area contributed by atoms with Gasteiger partial charge in [0.15, 0.2) is 0 Å². The summed E-state index contributed by atoms with van der Waals surface area (Å²) in [5, 5.41) is 0. The summed E-state index contributed by atoms with van der Waals surface area (Å²) >= 11 is 0. The highest BCUT2D eigenvalue weighted by Gasteiger charge is 2.30. The summed E-state index contributed by atoms with van der Waals surface area (Å²) in [7, 11) is 5.43. The van der Waals surface area contributed by atoms with Gasteiger partial charge in [-0.15, -0.1) is 0 Å². The maximum absolute atomic E-state index is 6.16. The minimum Gasteiger partial charge on any atom is -0.497 e. The van der Waals surface area contributed by atoms with Crippen LogP contribution in [0.4, 0.5) is 0 Å². The van der Waals surface area contributed by atoms with Crippen LogP contribution in [0, 0.1) is 0 Å². The summed E-state index contributed by atoms with van der Waals surface area (Å²) < 4.78 is 10.6. The number of likely N-dealkylation sites (tertiary alicyclic amines) is 1. The average molecular weight is 236 g/mol. The molecular weight excluding hydrogens is 216 g/mol. The van der Waals surface area contributed by atoms with Crippen LogP contribution in [0.25, 0.3) is 0 Å². The Morgan fingerprint density at radius 2 is 1.76 bits per heavy atom. The lowest BCUT2D eigenvalue weighted by Gasteiger charge is -2.24. The van der Waals surface area contributed by atoms with Crippen LogP contribution in [-0.4, -0.2) is 38.8 Å². The summed E-state index contributed by atoms with van der Waals surface area (Å²) in [4.78, 5) is 2.28. The molecule has 1 aromatic rings. The average Bonchev–Trinajstić information content (AvgIpc) is 2.68. The fourth-order valence-electron chi connectivity index (χ4n) is 2.48. The molecule has 0 aromatic heterocycles. The summed E-state index contributed by atoms with van der Waals surface area (Å²) in [6.45, 7) is 1.03. The molecule has 0 radical (unpaired) electrons. The number of hydrogen-bond donors (Lipinski definition) is 1. The van der Waals surface area contributed by atoms with Crippen molar-refractivity contribution in [2.75, 3.05) is 27.8 Å². The molecule has 2 unspecified atom stereocenters. The predicted octanol–water partition coefficient (Wildman–Crippen LogP) is 1.41. The molecule has 0 spiro atoms. The van der Waals surface area contributed by atoms with Crippen LogP contribution < -0.4 is 15.2 Å². The number of hydrogen-bond acceptors (Lipinski definition) is 4. The Kier molecular flexibility index (Phi) is 3.54. The standard InChI is InChI=1S/C13H20N2O2/c1-15-5-4-12(14)13(15)9-6-10(16-2)8-11(7-9)17-3/h6-8,12-13H,4-5,14H2,1-3H3. The molecule has 2 rings (SSSR count). The monoisotopic (exact) mass is 236 g/mol. The molecule has 0 amide bonds. The second kappa shape index (κ2) is 4.94. The van der Waals surface area contributed by atoms with Gasteiger partial charge in [0.25, 0.3) is 0 Å². The van der Waals surface area contributed by atoms with Gasteiger partial charge in [0.1, 0.15) is 11.5 Å². The molecule has 4 heteroatoms. The minimum atomic E-state index is 0.178. The lowest BCUT2D eigenvalue weighted by molar-refractivity contribution is 0.301. The third-order valence-corrected chi connectivity index (χ3v) is 3.41. The molecule has 1 aliphatic rings. The van der Waals surface area contributed by atoms with Crippen molar-refractivity contribution in [3.8, 4) is 11.5 Å². The van der Waals surface area contributed by atoms with E-state index in [9.17, 15) is 0 Å². The van der Waals surface area contributed by atoms with Crippen molar-refractivity contribution >= 4 is 0 Å². The molecule has 0 saturated carbocycles. The molecule has 0 bridgehead atoms. The van der Waals surface area contributed by atoms with Crippen molar-refractivity contribution in [3.05, 3.63) is 23.8 Å². The first kappa shape index (κ1) is 12.2. The summed E-state index contributed by atoms with van der Waals surface area (Å²) in [5.74, 6) is 1.62. The van der Waals surface area contributed by atoms with Crippen molar-refractivity contribution in [1.82, 2.24) is 4.90 Å². The van der Waals surface area contributed by atoms with Gasteiger partial charge >= 0.3 is 0 Å². The quantitative estimate of drug-likeness (QED) is 0.862. The first-order valence-electron chi connectivity index (χ1n) is 5.84. The molecule has 4 nitrogen and oxygen atoms in total. The zero-order valence-electron chi connectivity index (χ0n) is 10.6. The molecule has 1 aliphatic heterocycles. The molecule has 1 saturated heterocycles. The Morgan fingerprint density at radius 3 is 2.18 bits per heavy atom. The zero-order valence-corrected chi connectivity index (χ0v) is 10.6. The van der Waals surface area contributed by atoms with Gasteiger partial charge in [0, 0.05) is 24.7 Å². The summed E-state index contributed by atoms with van der Waals surface area (Å²) in [6, 6.07) is 6.38. The molecule has 2 N–H and O–H groups in total. The number of methoxy groups -OCH3 is 2. The van der Waals surface area contributed by atoms with Crippen molar-refractivity contribution in [3.63, 3.8) is 0 Å². The van der Waals surface area contributed by atoms with Crippen molar-refractivity contribution in [1.29, 1.82) is 0 Å². The maximum atomic E-state index is 6.16. The van der Waals surface area contributed by atoms with E-state index in [4.69, 9.17) is 15.2 Å². The van der Waals surface area contributed by atoms with Crippen LogP contribution in [0.15, 0.2) is 18.2 Å². The van der Waals surface area contributed by atoms with Crippen LogP contribution in [0.5, 0.6) is 11.5 Å². The number of rotatable bonds is 3. The smallest absolute Gasteiger partial charge is 0.122 e. The van der Waals surface area contributed by atoms with Crippen LogP contribution in [0.2, 0.25) is 0 Å². The van der Waals surface area contributed by atoms with Gasteiger partial charge in [-0.05, 0) is 31.2 Å². The van der Waals surface area contributed by atoms with E-state index in [0.717, 1.165) is 30.0 Å². The maximum Gasteiger partial charge on any atom is 0.122 e. The van der Waals surface area contributed by atoms with E-state index < -0.39 is 0 Å². The van der Waals surface area contributed by atoms with Crippen molar-refractivity contribution in [2.45, 2.75) is 18.5 Å². The fraction of sp³-hybridized carbons (Fsp3) is 0.538. The van der Waals surface area contributed by atoms with Gasteiger partial charge in [-0.2, -0.15) is 0 Å². The third kappa shape index (κ3) is 2.37. The van der Waals surface area contributed by atoms with E-state index in [2.05, 4.69) is 11.9 Å². The number of nitrogens with zero attached hydrogens (tertiary/aromatic N) is 1. The van der Waals surface area contributed by atoms with Crippen LogP contribution in [0.3, 0.4) is 0 Å². The van der Waals surface area contributed by atoms with E-state index in [0.29, 0.717) is 0 Å². The number of benzene rings is 1. The van der Waals surface area contributed by atoms with Crippen LogP contribution >= 0.6 is 0 Å². The minimum absolute atomic E-state index is 0.178. The molecule has 1 aromatic carbocycles. The zero-order chi connectivity index (χ0) is 12.4. The van der Waals surface area contributed by atoms with E-state index >= 15 is 0 Å². The number of likely N-dealkylation sites (N-methyl/N-ethyl adjacent to an activating group) is 1. The molecular formula is C13H20N2O2. The molecule has 0 aliphatic carbocycles. The molecule has 1 heterocycles. The molecule has 94 valence electrons. The van der Waals surface area contributed by atoms with Gasteiger partial charge in [-0.1, -0.05) is 0 Å². The lowest BCUT2D eigenvalue weighted by Crippen LogP contribution is -2.29. The number of nitrogens with two attached hydrogens (primary N) is 1. The SMILES string of the molecule is COc1cc(OC)cc(C2C(N)CCN2C)c1. The Hall–Kier alpha value is -1.26. The van der Waals surface area contributed by atoms with Crippen molar-refractivity contribution < 1.29 is 9.47 Å². The summed E-state index contributed by atoms with van der Waals surface area (Å²) in [6.07, 6.45) is 1.03. The highest BCUT2D eigenvalue weighted by Crippen LogP contribution is 2.34. The molecule has 1 fully saturated rings. The lowest BCUT2D eigenvalue weighted by atomic mass is 10.0. The van der Waals surface area contributed by atoms with E-state index in [1.54, 1.807) is 14.2 Å². The van der Waals surface area contributed by atoms with Gasteiger partial charge in [-0.3, -0.25) is 4.90 Å². The Morgan fingerprint density at radius 1 is 1.18 bits per heavy atom. The molecule has 2 atom stereocenters. The Bertz CT molecular complexity index is 363. The normalized spacial score (nSPS) is 24.9. The highest BCUT2D eigenvalue weighted by atomic mass is 16.5. The second-order valence-corrected chi connectivity index (χ2v) is 4.52. The first-order chi connectivity index (χ1) is 8.15. The second-order valence-electron chi connectivity index (χ2n) is 4.52. The largest absolute Gasteiger partial charge is 0.497 e. The molecule has 17 heavy (non-hydrogen) atoms. The van der Waals surface area contributed by atoms with Gasteiger partial charge < -0.3 is 15.2 Å². The predicted molar refractivity (Wildman–Crippen MR) is 67.5 cm³/mol. The van der Waals surface area contributed by atoms with Crippen LogP contribution in [0.1, 0.15) is 18.0 Å². The topological polar surface area (TPSA) is 47.7 Å². The van der Waals surface area contributed by atoms with Gasteiger partial charge in [0.05, 0.1) is 14.2 Å². The third-order valence-electron chi connectivity index (χ3n) is 3.41. The highest BCUT2D eigenvalue weighted by molar-refractivity contribution is 5.40. The van der Waals surface area contributed by atoms with Gasteiger partial charge in [-0.25, -0.2) is 0 Å². The first-order valence-corrected chi connectivity index (χ1v) is 5.84. The number of ether oxygens (including phenoxy) is 2. The fourth-order valence-corrected chi connectivity index (χ4v) is 2.48. The Labute approximate surface area is 102 Å². The van der Waals surface area contributed by atoms with Crippen molar-refractivity contribution in [2.24, 2.45) is 5.73 Å². The van der Waals surface area contributed by atoms with E-state index in [1.165, 1.54) is 0 Å².